The largest absolute Gasteiger partial charge is 0.323 e. The zero-order chi connectivity index (χ0) is 19.6. The number of amides is 2. The highest BCUT2D eigenvalue weighted by Crippen LogP contribution is 2.27. The van der Waals surface area contributed by atoms with Crippen molar-refractivity contribution in [2.45, 2.75) is 19.1 Å². The minimum absolute atomic E-state index is 0.0111. The second-order valence-corrected chi connectivity index (χ2v) is 7.34. The molecule has 0 radical (unpaired) electrons. The summed E-state index contributed by atoms with van der Waals surface area (Å²) in [5.74, 6) is -2.23. The lowest BCUT2D eigenvalue weighted by molar-refractivity contribution is -0.116. The van der Waals surface area contributed by atoms with Gasteiger partial charge in [0.1, 0.15) is 18.2 Å². The molecule has 27 heavy (non-hydrogen) atoms. The van der Waals surface area contributed by atoms with Crippen LogP contribution in [0.2, 0.25) is 0 Å². The lowest BCUT2D eigenvalue weighted by Gasteiger charge is -2.20. The summed E-state index contributed by atoms with van der Waals surface area (Å²) in [5, 5.41) is 2.19. The number of hydrogen-bond donors (Lipinski definition) is 1. The van der Waals surface area contributed by atoms with E-state index in [4.69, 9.17) is 0 Å². The zero-order valence-corrected chi connectivity index (χ0v) is 15.5. The normalized spacial score (nSPS) is 14.9. The van der Waals surface area contributed by atoms with Crippen LogP contribution in [-0.2, 0) is 9.59 Å². The molecule has 8 heteroatoms. The first kappa shape index (κ1) is 19.0. The van der Waals surface area contributed by atoms with Crippen molar-refractivity contribution in [3.63, 3.8) is 0 Å². The number of aliphatic imine (C=N–C) groups is 1. The Bertz CT molecular complexity index is 916. The molecule has 0 unspecified atom stereocenters. The molecule has 0 spiro atoms. The summed E-state index contributed by atoms with van der Waals surface area (Å²) in [6.45, 7) is 3.58. The predicted octanol–water partition coefficient (Wildman–Crippen LogP) is 3.74. The highest BCUT2D eigenvalue weighted by atomic mass is 32.2. The number of rotatable bonds is 4. The fourth-order valence-electron chi connectivity index (χ4n) is 2.46. The van der Waals surface area contributed by atoms with Gasteiger partial charge >= 0.3 is 0 Å². The summed E-state index contributed by atoms with van der Waals surface area (Å²) >= 11 is 1.10. The monoisotopic (exact) mass is 389 g/mol. The van der Waals surface area contributed by atoms with Gasteiger partial charge < -0.3 is 5.32 Å². The number of amidine groups is 1. The number of thioether (sulfide) groups is 1. The molecular weight excluding hydrogens is 372 g/mol. The molecule has 0 bridgehead atoms. The van der Waals surface area contributed by atoms with Crippen molar-refractivity contribution >= 4 is 40.1 Å². The average molecular weight is 389 g/mol. The molecule has 0 aromatic heterocycles. The number of benzene rings is 2. The van der Waals surface area contributed by atoms with E-state index in [9.17, 15) is 18.4 Å². The third-order valence-electron chi connectivity index (χ3n) is 3.92. The number of carbonyl (C=O) groups is 2. The van der Waals surface area contributed by atoms with Gasteiger partial charge in [0.25, 0.3) is 5.91 Å². The molecule has 1 heterocycles. The maximum Gasteiger partial charge on any atom is 0.254 e. The van der Waals surface area contributed by atoms with E-state index < -0.39 is 22.8 Å². The summed E-state index contributed by atoms with van der Waals surface area (Å²) in [6, 6.07) is 10.3. The fourth-order valence-corrected chi connectivity index (χ4v) is 3.39. The highest BCUT2D eigenvalue weighted by Gasteiger charge is 2.30. The summed E-state index contributed by atoms with van der Waals surface area (Å²) < 4.78 is 26.7. The molecule has 0 saturated heterocycles. The molecule has 1 N–H and O–H groups in total. The first-order valence-corrected chi connectivity index (χ1v) is 9.10. The number of halogens is 2. The van der Waals surface area contributed by atoms with Crippen molar-refractivity contribution in [3.8, 4) is 0 Å². The van der Waals surface area contributed by atoms with E-state index in [2.05, 4.69) is 10.3 Å². The Morgan fingerprint density at radius 2 is 1.93 bits per heavy atom. The maximum atomic E-state index is 13.7. The molecule has 2 aromatic carbocycles. The van der Waals surface area contributed by atoms with Crippen LogP contribution < -0.4 is 10.2 Å². The molecule has 1 aliphatic rings. The van der Waals surface area contributed by atoms with Crippen molar-refractivity contribution in [1.29, 1.82) is 0 Å². The van der Waals surface area contributed by atoms with Crippen LogP contribution in [0.1, 0.15) is 12.5 Å². The molecule has 0 aliphatic carbocycles. The first-order valence-electron chi connectivity index (χ1n) is 8.22. The molecule has 0 saturated carbocycles. The lowest BCUT2D eigenvalue weighted by atomic mass is 10.2. The number of nitrogens with one attached hydrogen (secondary N) is 1. The van der Waals surface area contributed by atoms with E-state index in [1.165, 1.54) is 4.90 Å². The van der Waals surface area contributed by atoms with E-state index >= 15 is 0 Å². The van der Waals surface area contributed by atoms with Gasteiger partial charge in [0.05, 0.1) is 16.6 Å². The van der Waals surface area contributed by atoms with Gasteiger partial charge in [-0.15, -0.1) is 0 Å². The molecule has 1 atom stereocenters. The fraction of sp³-hybridized carbons (Fsp3) is 0.211. The van der Waals surface area contributed by atoms with Crippen LogP contribution >= 0.6 is 11.8 Å². The number of carbonyl (C=O) groups excluding carboxylic acids is 2. The molecule has 0 fully saturated rings. The van der Waals surface area contributed by atoms with E-state index in [0.717, 1.165) is 29.5 Å². The summed E-state index contributed by atoms with van der Waals surface area (Å²) in [5.41, 5.74) is 1.63. The van der Waals surface area contributed by atoms with E-state index in [0.29, 0.717) is 16.9 Å². The zero-order valence-electron chi connectivity index (χ0n) is 14.7. The van der Waals surface area contributed by atoms with Gasteiger partial charge in [-0.05, 0) is 38.1 Å². The summed E-state index contributed by atoms with van der Waals surface area (Å²) in [7, 11) is 0. The van der Waals surface area contributed by atoms with Gasteiger partial charge in [-0.25, -0.2) is 8.78 Å². The SMILES string of the molecule is Cc1ccc(N2C(=O)CN=C2S[C@@H](C)C(=O)Nc2ccc(F)cc2F)cc1. The molecular formula is C19H17F2N3O2S. The van der Waals surface area contributed by atoms with Crippen LogP contribution in [0, 0.1) is 18.6 Å². The van der Waals surface area contributed by atoms with Gasteiger partial charge in [0.15, 0.2) is 5.17 Å². The van der Waals surface area contributed by atoms with Crippen molar-refractivity contribution in [2.24, 2.45) is 4.99 Å². The summed E-state index contributed by atoms with van der Waals surface area (Å²) in [4.78, 5) is 30.2. The van der Waals surface area contributed by atoms with Gasteiger partial charge in [0.2, 0.25) is 5.91 Å². The first-order chi connectivity index (χ1) is 12.8. The second-order valence-electron chi connectivity index (χ2n) is 6.04. The standard InChI is InChI=1S/C19H17F2N3O2S/c1-11-3-6-14(7-4-11)24-17(25)10-22-19(24)27-12(2)18(26)23-16-8-5-13(20)9-15(16)21/h3-9,12H,10H2,1-2H3,(H,23,26)/t12-/m0/s1. The van der Waals surface area contributed by atoms with Gasteiger partial charge in [-0.3, -0.25) is 19.5 Å². The topological polar surface area (TPSA) is 61.8 Å². The number of aryl methyl sites for hydroxylation is 1. The van der Waals surface area contributed by atoms with Gasteiger partial charge in [-0.1, -0.05) is 29.5 Å². The van der Waals surface area contributed by atoms with Crippen LogP contribution in [0.25, 0.3) is 0 Å². The van der Waals surface area contributed by atoms with Gasteiger partial charge in [0, 0.05) is 6.07 Å². The molecule has 5 nitrogen and oxygen atoms in total. The lowest BCUT2D eigenvalue weighted by Crippen LogP contribution is -2.33. The Morgan fingerprint density at radius 3 is 2.59 bits per heavy atom. The Morgan fingerprint density at radius 1 is 1.22 bits per heavy atom. The van der Waals surface area contributed by atoms with E-state index in [1.54, 1.807) is 6.92 Å². The minimum Gasteiger partial charge on any atom is -0.323 e. The van der Waals surface area contributed by atoms with Crippen molar-refractivity contribution < 1.29 is 18.4 Å². The quantitative estimate of drug-likeness (QED) is 0.867. The third kappa shape index (κ3) is 4.33. The number of nitrogens with zero attached hydrogens (tertiary/aromatic N) is 2. The molecule has 3 rings (SSSR count). The van der Waals surface area contributed by atoms with Crippen molar-refractivity contribution in [3.05, 3.63) is 59.7 Å². The van der Waals surface area contributed by atoms with Crippen molar-refractivity contribution in [1.82, 2.24) is 0 Å². The Labute approximate surface area is 159 Å². The average Bonchev–Trinajstić information content (AvgIpc) is 2.98. The van der Waals surface area contributed by atoms with Crippen LogP contribution in [0.15, 0.2) is 47.5 Å². The Balaban J connectivity index is 1.70. The minimum atomic E-state index is -0.852. The number of anilines is 2. The van der Waals surface area contributed by atoms with E-state index in [1.807, 2.05) is 31.2 Å². The molecule has 2 amide bonds. The number of hydrogen-bond acceptors (Lipinski definition) is 4. The van der Waals surface area contributed by atoms with Gasteiger partial charge in [-0.2, -0.15) is 0 Å². The second kappa shape index (κ2) is 7.87. The maximum absolute atomic E-state index is 13.7. The smallest absolute Gasteiger partial charge is 0.254 e. The van der Waals surface area contributed by atoms with Crippen LogP contribution in [-0.4, -0.2) is 28.8 Å². The predicted molar refractivity (Wildman–Crippen MR) is 103 cm³/mol. The molecule has 2 aromatic rings. The van der Waals surface area contributed by atoms with Crippen molar-refractivity contribution in [2.75, 3.05) is 16.8 Å². The van der Waals surface area contributed by atoms with Crippen LogP contribution in [0.5, 0.6) is 0 Å². The highest BCUT2D eigenvalue weighted by molar-refractivity contribution is 8.15. The Hall–Kier alpha value is -2.74. The molecule has 140 valence electrons. The summed E-state index contributed by atoms with van der Waals surface area (Å²) in [6.07, 6.45) is 0. The van der Waals surface area contributed by atoms with Crippen LogP contribution in [0.4, 0.5) is 20.2 Å². The van der Waals surface area contributed by atoms with Crippen LogP contribution in [0.3, 0.4) is 0 Å². The third-order valence-corrected chi connectivity index (χ3v) is 5.01. The Kier molecular flexibility index (Phi) is 5.55. The van der Waals surface area contributed by atoms with E-state index in [-0.39, 0.29) is 18.1 Å². The molecule has 1 aliphatic heterocycles.